The van der Waals surface area contributed by atoms with Gasteiger partial charge in [-0.3, -0.25) is 4.79 Å². The lowest BCUT2D eigenvalue weighted by Crippen LogP contribution is -2.30. The first-order valence-electron chi connectivity index (χ1n) is 7.19. The van der Waals surface area contributed by atoms with Gasteiger partial charge in [-0.2, -0.15) is 0 Å². The predicted octanol–water partition coefficient (Wildman–Crippen LogP) is 2.05. The molecule has 2 rings (SSSR count). The summed E-state index contributed by atoms with van der Waals surface area (Å²) in [5.74, 6) is -0.396. The fourth-order valence-electron chi connectivity index (χ4n) is 2.07. The summed E-state index contributed by atoms with van der Waals surface area (Å²) >= 11 is 0. The number of carbonyl (C=O) groups is 1. The molecule has 0 aliphatic rings. The van der Waals surface area contributed by atoms with Crippen LogP contribution in [0.4, 0.5) is 5.69 Å². The molecule has 0 radical (unpaired) electrons. The molecule has 0 aliphatic heterocycles. The van der Waals surface area contributed by atoms with Gasteiger partial charge in [-0.05, 0) is 29.8 Å². The van der Waals surface area contributed by atoms with Crippen molar-refractivity contribution in [3.05, 3.63) is 65.7 Å². The van der Waals surface area contributed by atoms with Gasteiger partial charge in [0.1, 0.15) is 0 Å². The van der Waals surface area contributed by atoms with Gasteiger partial charge in [-0.25, -0.2) is 13.1 Å². The zero-order valence-electron chi connectivity index (χ0n) is 13.2. The first kappa shape index (κ1) is 17.2. The summed E-state index contributed by atoms with van der Waals surface area (Å²) in [4.78, 5) is 14.0. The number of hydrogen-bond donors (Lipinski definition) is 1. The van der Waals surface area contributed by atoms with E-state index >= 15 is 0 Å². The lowest BCUT2D eigenvalue weighted by atomic mass is 10.1. The van der Waals surface area contributed by atoms with Gasteiger partial charge in [-0.15, -0.1) is 0 Å². The van der Waals surface area contributed by atoms with Gasteiger partial charge in [0.05, 0.1) is 12.3 Å². The molecule has 2 aromatic rings. The monoisotopic (exact) mass is 332 g/mol. The van der Waals surface area contributed by atoms with Gasteiger partial charge < -0.3 is 4.90 Å². The van der Waals surface area contributed by atoms with E-state index in [0.717, 1.165) is 5.69 Å². The van der Waals surface area contributed by atoms with Crippen molar-refractivity contribution in [3.63, 3.8) is 0 Å². The zero-order chi connectivity index (χ0) is 16.9. The standard InChI is InChI=1S/C17H20N2O3S/c1-19(2)16-10-8-15(9-11-16)17(20)12-18-23(21,22)13-14-6-4-3-5-7-14/h3-11,18H,12-13H2,1-2H3. The van der Waals surface area contributed by atoms with Gasteiger partial charge in [0, 0.05) is 25.3 Å². The van der Waals surface area contributed by atoms with Crippen LogP contribution in [0.3, 0.4) is 0 Å². The molecule has 0 aromatic heterocycles. The third-order valence-corrected chi connectivity index (χ3v) is 4.66. The van der Waals surface area contributed by atoms with E-state index in [1.165, 1.54) is 0 Å². The quantitative estimate of drug-likeness (QED) is 0.788. The number of sulfonamides is 1. The molecule has 0 fully saturated rings. The highest BCUT2D eigenvalue weighted by Gasteiger charge is 2.14. The minimum Gasteiger partial charge on any atom is -0.378 e. The Morgan fingerprint density at radius 1 is 1.00 bits per heavy atom. The number of nitrogens with one attached hydrogen (secondary N) is 1. The number of rotatable bonds is 7. The predicted molar refractivity (Wildman–Crippen MR) is 92.2 cm³/mol. The van der Waals surface area contributed by atoms with Gasteiger partial charge in [0.15, 0.2) is 5.78 Å². The third kappa shape index (κ3) is 5.19. The molecule has 23 heavy (non-hydrogen) atoms. The molecule has 6 heteroatoms. The summed E-state index contributed by atoms with van der Waals surface area (Å²) in [7, 11) is 0.284. The van der Waals surface area contributed by atoms with Crippen LogP contribution in [0, 0.1) is 0 Å². The van der Waals surface area contributed by atoms with Crippen molar-refractivity contribution in [2.45, 2.75) is 5.75 Å². The van der Waals surface area contributed by atoms with Crippen LogP contribution < -0.4 is 9.62 Å². The lowest BCUT2D eigenvalue weighted by Gasteiger charge is -2.12. The highest BCUT2D eigenvalue weighted by Crippen LogP contribution is 2.12. The molecule has 0 aliphatic carbocycles. The number of benzene rings is 2. The highest BCUT2D eigenvalue weighted by atomic mass is 32.2. The molecule has 0 spiro atoms. The lowest BCUT2D eigenvalue weighted by molar-refractivity contribution is 0.0997. The van der Waals surface area contributed by atoms with E-state index in [9.17, 15) is 13.2 Å². The number of hydrogen-bond acceptors (Lipinski definition) is 4. The zero-order valence-corrected chi connectivity index (χ0v) is 14.0. The number of nitrogens with zero attached hydrogens (tertiary/aromatic N) is 1. The first-order valence-corrected chi connectivity index (χ1v) is 8.84. The van der Waals surface area contributed by atoms with E-state index in [4.69, 9.17) is 0 Å². The number of carbonyl (C=O) groups excluding carboxylic acids is 1. The Hall–Kier alpha value is -2.18. The average Bonchev–Trinajstić information content (AvgIpc) is 2.53. The van der Waals surface area contributed by atoms with Gasteiger partial charge in [0.2, 0.25) is 10.0 Å². The second-order valence-corrected chi connectivity index (χ2v) is 7.24. The van der Waals surface area contributed by atoms with E-state index in [-0.39, 0.29) is 18.1 Å². The smallest absolute Gasteiger partial charge is 0.216 e. The van der Waals surface area contributed by atoms with E-state index in [2.05, 4.69) is 4.72 Å². The fraction of sp³-hybridized carbons (Fsp3) is 0.235. The number of anilines is 1. The molecule has 0 amide bonds. The maximum Gasteiger partial charge on any atom is 0.216 e. The SMILES string of the molecule is CN(C)c1ccc(C(=O)CNS(=O)(=O)Cc2ccccc2)cc1. The molecule has 2 aromatic carbocycles. The second kappa shape index (κ2) is 7.39. The topological polar surface area (TPSA) is 66.5 Å². The Labute approximate surface area is 137 Å². The van der Waals surface area contributed by atoms with Crippen molar-refractivity contribution < 1.29 is 13.2 Å². The molecule has 0 saturated carbocycles. The highest BCUT2D eigenvalue weighted by molar-refractivity contribution is 7.88. The molecule has 0 heterocycles. The molecule has 0 bridgehead atoms. The van der Waals surface area contributed by atoms with Crippen molar-refractivity contribution >= 4 is 21.5 Å². The summed E-state index contributed by atoms with van der Waals surface area (Å²) < 4.78 is 26.4. The maximum absolute atomic E-state index is 12.1. The van der Waals surface area contributed by atoms with Crippen LogP contribution in [0.15, 0.2) is 54.6 Å². The van der Waals surface area contributed by atoms with E-state index in [0.29, 0.717) is 11.1 Å². The number of Topliss-reactive ketones (excluding diaryl/α,β-unsaturated/α-hetero) is 1. The van der Waals surface area contributed by atoms with Crippen LogP contribution in [0.1, 0.15) is 15.9 Å². The summed E-state index contributed by atoms with van der Waals surface area (Å²) in [6, 6.07) is 15.9. The van der Waals surface area contributed by atoms with Crippen molar-refractivity contribution in [1.82, 2.24) is 4.72 Å². The molecule has 0 saturated heterocycles. The summed E-state index contributed by atoms with van der Waals surface area (Å²) in [5, 5.41) is 0. The van der Waals surface area contributed by atoms with Crippen LogP contribution in [0.25, 0.3) is 0 Å². The molecule has 0 unspecified atom stereocenters. The minimum absolute atomic E-state index is 0.138. The Kier molecular flexibility index (Phi) is 5.52. The molecule has 1 N–H and O–H groups in total. The molecular weight excluding hydrogens is 312 g/mol. The van der Waals surface area contributed by atoms with Crippen molar-refractivity contribution in [1.29, 1.82) is 0 Å². The molecule has 122 valence electrons. The van der Waals surface area contributed by atoms with Crippen LogP contribution in [0.5, 0.6) is 0 Å². The van der Waals surface area contributed by atoms with E-state index in [1.54, 1.807) is 36.4 Å². The molecule has 0 atom stereocenters. The first-order chi connectivity index (χ1) is 10.9. The van der Waals surface area contributed by atoms with Crippen LogP contribution in [-0.2, 0) is 15.8 Å². The Morgan fingerprint density at radius 3 is 2.17 bits per heavy atom. The van der Waals surface area contributed by atoms with Gasteiger partial charge >= 0.3 is 0 Å². The molecular formula is C17H20N2O3S. The van der Waals surface area contributed by atoms with Crippen molar-refractivity contribution in [2.75, 3.05) is 25.5 Å². The summed E-state index contributed by atoms with van der Waals surface area (Å²) in [6.45, 7) is -0.240. The van der Waals surface area contributed by atoms with E-state index in [1.807, 2.05) is 37.2 Å². The maximum atomic E-state index is 12.1. The second-order valence-electron chi connectivity index (χ2n) is 5.43. The fourth-order valence-corrected chi connectivity index (χ4v) is 3.15. The van der Waals surface area contributed by atoms with Crippen LogP contribution >= 0.6 is 0 Å². The van der Waals surface area contributed by atoms with Crippen molar-refractivity contribution in [2.24, 2.45) is 0 Å². The van der Waals surface area contributed by atoms with E-state index < -0.39 is 10.0 Å². The summed E-state index contributed by atoms with van der Waals surface area (Å²) in [5.41, 5.74) is 2.15. The average molecular weight is 332 g/mol. The third-order valence-electron chi connectivity index (χ3n) is 3.36. The Bertz CT molecular complexity index is 754. The number of ketones is 1. The van der Waals surface area contributed by atoms with Crippen molar-refractivity contribution in [3.8, 4) is 0 Å². The summed E-state index contributed by atoms with van der Waals surface area (Å²) in [6.07, 6.45) is 0. The normalized spacial score (nSPS) is 11.2. The van der Waals surface area contributed by atoms with Crippen LogP contribution in [-0.4, -0.2) is 34.8 Å². The van der Waals surface area contributed by atoms with Crippen LogP contribution in [0.2, 0.25) is 0 Å². The Morgan fingerprint density at radius 2 is 1.61 bits per heavy atom. The Balaban J connectivity index is 1.95. The molecule has 5 nitrogen and oxygen atoms in total. The van der Waals surface area contributed by atoms with Gasteiger partial charge in [-0.1, -0.05) is 30.3 Å². The largest absolute Gasteiger partial charge is 0.378 e. The minimum atomic E-state index is -3.54. The van der Waals surface area contributed by atoms with Gasteiger partial charge in [0.25, 0.3) is 0 Å².